The van der Waals surface area contributed by atoms with Crippen LogP contribution in [0.3, 0.4) is 0 Å². The van der Waals surface area contributed by atoms with Gasteiger partial charge in [0, 0.05) is 0 Å². The summed E-state index contributed by atoms with van der Waals surface area (Å²) in [5.41, 5.74) is 0.897. The second-order valence-corrected chi connectivity index (χ2v) is 2.03. The normalized spacial score (nSPS) is 10.4. The topological polar surface area (TPSA) is 21.6 Å². The van der Waals surface area contributed by atoms with Crippen LogP contribution in [0.4, 0.5) is 5.69 Å². The summed E-state index contributed by atoms with van der Waals surface area (Å²) in [7, 11) is 1.64. The minimum Gasteiger partial charge on any atom is -0.497 e. The molecule has 0 aliphatic carbocycles. The quantitative estimate of drug-likeness (QED) is 0.589. The lowest BCUT2D eigenvalue weighted by molar-refractivity contribution is 0.415. The van der Waals surface area contributed by atoms with Crippen LogP contribution in [0, 0.1) is 0 Å². The molecule has 1 aromatic carbocycles. The SMILES string of the molecule is C[C]=Nc1ccc(OC)cc1. The fourth-order valence-corrected chi connectivity index (χ4v) is 0.786. The van der Waals surface area contributed by atoms with E-state index in [0.717, 1.165) is 11.4 Å². The van der Waals surface area contributed by atoms with Gasteiger partial charge in [0.05, 0.1) is 19.0 Å². The van der Waals surface area contributed by atoms with Gasteiger partial charge in [-0.2, -0.15) is 0 Å². The molecule has 0 atom stereocenters. The van der Waals surface area contributed by atoms with E-state index in [1.54, 1.807) is 14.0 Å². The van der Waals surface area contributed by atoms with Crippen molar-refractivity contribution in [1.29, 1.82) is 0 Å². The van der Waals surface area contributed by atoms with Crippen molar-refractivity contribution in [3.8, 4) is 5.75 Å². The van der Waals surface area contributed by atoms with Gasteiger partial charge < -0.3 is 4.74 Å². The van der Waals surface area contributed by atoms with Crippen LogP contribution in [0.15, 0.2) is 29.3 Å². The van der Waals surface area contributed by atoms with E-state index >= 15 is 0 Å². The van der Waals surface area contributed by atoms with Gasteiger partial charge in [-0.1, -0.05) is 0 Å². The van der Waals surface area contributed by atoms with Crippen molar-refractivity contribution in [1.82, 2.24) is 0 Å². The van der Waals surface area contributed by atoms with Crippen LogP contribution in [-0.2, 0) is 0 Å². The van der Waals surface area contributed by atoms with Crippen LogP contribution in [0.25, 0.3) is 0 Å². The molecule has 0 fully saturated rings. The Kier molecular flexibility index (Phi) is 2.66. The smallest absolute Gasteiger partial charge is 0.119 e. The summed E-state index contributed by atoms with van der Waals surface area (Å²) in [5.74, 6) is 0.847. The first kappa shape index (κ1) is 7.79. The molecular weight excluding hydrogens is 138 g/mol. The Bertz CT molecular complexity index is 238. The summed E-state index contributed by atoms with van der Waals surface area (Å²) in [5, 5.41) is 0. The maximum Gasteiger partial charge on any atom is 0.119 e. The molecule has 0 unspecified atom stereocenters. The van der Waals surface area contributed by atoms with Gasteiger partial charge in [0.1, 0.15) is 5.75 Å². The number of ether oxygens (including phenoxy) is 1. The summed E-state index contributed by atoms with van der Waals surface area (Å²) in [4.78, 5) is 3.98. The first-order valence-corrected chi connectivity index (χ1v) is 3.38. The summed E-state index contributed by atoms with van der Waals surface area (Å²) >= 11 is 0. The van der Waals surface area contributed by atoms with Crippen molar-refractivity contribution in [2.75, 3.05) is 7.11 Å². The molecule has 0 aromatic heterocycles. The predicted molar refractivity (Wildman–Crippen MR) is 45.8 cm³/mol. The molecule has 0 aliphatic heterocycles. The Labute approximate surface area is 66.5 Å². The van der Waals surface area contributed by atoms with E-state index in [4.69, 9.17) is 4.74 Å². The molecule has 57 valence electrons. The Morgan fingerprint density at radius 3 is 2.36 bits per heavy atom. The molecule has 1 rings (SSSR count). The number of benzene rings is 1. The van der Waals surface area contributed by atoms with Crippen LogP contribution in [-0.4, -0.2) is 13.3 Å². The van der Waals surface area contributed by atoms with Crippen molar-refractivity contribution < 1.29 is 4.74 Å². The molecule has 2 nitrogen and oxygen atoms in total. The standard InChI is InChI=1S/C9H10NO/c1-3-10-8-4-6-9(11-2)7-5-8/h4-7H,1-2H3. The lowest BCUT2D eigenvalue weighted by Gasteiger charge is -1.97. The molecule has 11 heavy (non-hydrogen) atoms. The first-order valence-electron chi connectivity index (χ1n) is 3.38. The maximum absolute atomic E-state index is 4.99. The lowest BCUT2D eigenvalue weighted by atomic mass is 10.3. The highest BCUT2D eigenvalue weighted by molar-refractivity contribution is 5.60. The molecule has 1 radical (unpaired) electrons. The van der Waals surface area contributed by atoms with Crippen LogP contribution in [0.1, 0.15) is 6.92 Å². The van der Waals surface area contributed by atoms with E-state index < -0.39 is 0 Å². The largest absolute Gasteiger partial charge is 0.497 e. The van der Waals surface area contributed by atoms with Crippen LogP contribution < -0.4 is 4.74 Å². The molecule has 0 aliphatic rings. The van der Waals surface area contributed by atoms with Gasteiger partial charge in [-0.15, -0.1) is 0 Å². The molecule has 2 heteroatoms. The maximum atomic E-state index is 4.99. The van der Waals surface area contributed by atoms with Crippen LogP contribution in [0.2, 0.25) is 0 Å². The second kappa shape index (κ2) is 3.76. The number of hydrogen-bond acceptors (Lipinski definition) is 2. The molecule has 0 spiro atoms. The molecule has 0 N–H and O–H groups in total. The minimum atomic E-state index is 0.847. The third-order valence-electron chi connectivity index (χ3n) is 1.31. The van der Waals surface area contributed by atoms with E-state index in [2.05, 4.69) is 11.2 Å². The highest BCUT2D eigenvalue weighted by atomic mass is 16.5. The zero-order valence-electron chi connectivity index (χ0n) is 6.66. The van der Waals surface area contributed by atoms with Crippen molar-refractivity contribution in [3.05, 3.63) is 24.3 Å². The Balaban J connectivity index is 2.82. The molecule has 0 heterocycles. The third-order valence-corrected chi connectivity index (χ3v) is 1.31. The highest BCUT2D eigenvalue weighted by Gasteiger charge is 1.88. The fourth-order valence-electron chi connectivity index (χ4n) is 0.786. The van der Waals surface area contributed by atoms with Gasteiger partial charge >= 0.3 is 0 Å². The molecule has 0 saturated carbocycles. The zero-order valence-corrected chi connectivity index (χ0v) is 6.66. The highest BCUT2D eigenvalue weighted by Crippen LogP contribution is 2.16. The van der Waals surface area contributed by atoms with E-state index in [1.807, 2.05) is 24.3 Å². The van der Waals surface area contributed by atoms with Gasteiger partial charge in [-0.05, 0) is 31.2 Å². The van der Waals surface area contributed by atoms with Gasteiger partial charge in [0.25, 0.3) is 0 Å². The first-order chi connectivity index (χ1) is 5.36. The van der Waals surface area contributed by atoms with Crippen molar-refractivity contribution in [2.24, 2.45) is 4.99 Å². The second-order valence-electron chi connectivity index (χ2n) is 2.03. The zero-order chi connectivity index (χ0) is 8.10. The summed E-state index contributed by atoms with van der Waals surface area (Å²) in [6, 6.07) is 7.51. The van der Waals surface area contributed by atoms with E-state index in [0.29, 0.717) is 0 Å². The lowest BCUT2D eigenvalue weighted by Crippen LogP contribution is -1.79. The van der Waals surface area contributed by atoms with Crippen LogP contribution in [0.5, 0.6) is 5.75 Å². The Hall–Kier alpha value is -1.31. The number of rotatable bonds is 2. The Morgan fingerprint density at radius 1 is 1.27 bits per heavy atom. The van der Waals surface area contributed by atoms with Gasteiger partial charge in [-0.3, -0.25) is 4.99 Å². The molecule has 0 amide bonds. The predicted octanol–water partition coefficient (Wildman–Crippen LogP) is 2.29. The average Bonchev–Trinajstić information content (AvgIpc) is 2.07. The van der Waals surface area contributed by atoms with Gasteiger partial charge in [0.2, 0.25) is 0 Å². The van der Waals surface area contributed by atoms with E-state index in [-0.39, 0.29) is 0 Å². The van der Waals surface area contributed by atoms with Crippen molar-refractivity contribution in [2.45, 2.75) is 6.92 Å². The van der Waals surface area contributed by atoms with Gasteiger partial charge in [-0.25, -0.2) is 0 Å². The summed E-state index contributed by atoms with van der Waals surface area (Å²) in [6.07, 6.45) is 2.71. The number of aliphatic imine (C=N–C) groups is 1. The van der Waals surface area contributed by atoms with Crippen molar-refractivity contribution in [3.63, 3.8) is 0 Å². The number of nitrogens with zero attached hydrogens (tertiary/aromatic N) is 1. The average molecular weight is 148 g/mol. The fraction of sp³-hybridized carbons (Fsp3) is 0.222. The van der Waals surface area contributed by atoms with Crippen LogP contribution >= 0.6 is 0 Å². The number of methoxy groups -OCH3 is 1. The minimum absolute atomic E-state index is 0.847. The van der Waals surface area contributed by atoms with E-state index in [1.165, 1.54) is 0 Å². The Morgan fingerprint density at radius 2 is 1.91 bits per heavy atom. The monoisotopic (exact) mass is 148 g/mol. The van der Waals surface area contributed by atoms with Crippen molar-refractivity contribution >= 4 is 11.9 Å². The molecule has 1 aromatic rings. The number of hydrogen-bond donors (Lipinski definition) is 0. The molecule has 0 saturated heterocycles. The third kappa shape index (κ3) is 2.08. The van der Waals surface area contributed by atoms with E-state index in [9.17, 15) is 0 Å². The molecular formula is C9H10NO. The summed E-state index contributed by atoms with van der Waals surface area (Å²) in [6.45, 7) is 1.77. The summed E-state index contributed by atoms with van der Waals surface area (Å²) < 4.78 is 4.99. The molecule has 0 bridgehead atoms. The van der Waals surface area contributed by atoms with Gasteiger partial charge in [0.15, 0.2) is 0 Å².